The number of hydrogen-bond acceptors (Lipinski definition) is 2. The zero-order valence-electron chi connectivity index (χ0n) is 6.60. The van der Waals surface area contributed by atoms with Gasteiger partial charge in [-0.25, -0.2) is 0 Å². The molecule has 0 aromatic heterocycles. The maximum Gasteiger partial charge on any atom is 0.118 e. The fourth-order valence-electron chi connectivity index (χ4n) is 1.52. The highest BCUT2D eigenvalue weighted by molar-refractivity contribution is 9.10. The highest BCUT2D eigenvalue weighted by atomic mass is 79.9. The van der Waals surface area contributed by atoms with Gasteiger partial charge in [-0.1, -0.05) is 15.9 Å². The van der Waals surface area contributed by atoms with Crippen LogP contribution in [0.5, 0.6) is 5.75 Å². The van der Waals surface area contributed by atoms with Crippen molar-refractivity contribution in [3.05, 3.63) is 22.2 Å². The number of benzene rings is 1. The van der Waals surface area contributed by atoms with Crippen molar-refractivity contribution >= 4 is 21.6 Å². The Bertz CT molecular complexity index is 312. The minimum Gasteiger partial charge on any atom is -0.508 e. The SMILES string of the molecule is Oc1cc(Br)c2c(c1)NCCC2. The highest BCUT2D eigenvalue weighted by Gasteiger charge is 2.12. The van der Waals surface area contributed by atoms with Crippen LogP contribution in [0.25, 0.3) is 0 Å². The molecule has 0 fully saturated rings. The molecule has 12 heavy (non-hydrogen) atoms. The molecule has 2 rings (SSSR count). The largest absolute Gasteiger partial charge is 0.508 e. The number of phenols is 1. The minimum absolute atomic E-state index is 0.315. The summed E-state index contributed by atoms with van der Waals surface area (Å²) in [5, 5.41) is 12.6. The number of halogens is 1. The molecule has 0 atom stereocenters. The van der Waals surface area contributed by atoms with Gasteiger partial charge in [0.05, 0.1) is 0 Å². The molecular weight excluding hydrogens is 218 g/mol. The van der Waals surface area contributed by atoms with Crippen LogP contribution in [0, 0.1) is 0 Å². The van der Waals surface area contributed by atoms with Gasteiger partial charge in [0.15, 0.2) is 0 Å². The first-order chi connectivity index (χ1) is 5.77. The molecule has 1 aromatic carbocycles. The lowest BCUT2D eigenvalue weighted by Gasteiger charge is -2.19. The fraction of sp³-hybridized carbons (Fsp3) is 0.333. The molecule has 3 heteroatoms. The lowest BCUT2D eigenvalue weighted by Crippen LogP contribution is -2.11. The van der Waals surface area contributed by atoms with Gasteiger partial charge in [0.25, 0.3) is 0 Å². The molecule has 1 heterocycles. The van der Waals surface area contributed by atoms with Crippen LogP contribution in [-0.2, 0) is 6.42 Å². The summed E-state index contributed by atoms with van der Waals surface area (Å²) in [6, 6.07) is 3.52. The Morgan fingerprint density at radius 2 is 2.25 bits per heavy atom. The predicted molar refractivity (Wildman–Crippen MR) is 52.6 cm³/mol. The van der Waals surface area contributed by atoms with Gasteiger partial charge >= 0.3 is 0 Å². The summed E-state index contributed by atoms with van der Waals surface area (Å²) >= 11 is 3.43. The molecule has 0 unspecified atom stereocenters. The van der Waals surface area contributed by atoms with Gasteiger partial charge in [0.1, 0.15) is 5.75 Å². The number of rotatable bonds is 0. The summed E-state index contributed by atoms with van der Waals surface area (Å²) in [5.74, 6) is 0.315. The molecule has 0 amide bonds. The molecule has 1 aromatic rings. The van der Waals surface area contributed by atoms with Crippen LogP contribution in [0.2, 0.25) is 0 Å². The average Bonchev–Trinajstić information content (AvgIpc) is 2.04. The third-order valence-corrected chi connectivity index (χ3v) is 2.81. The van der Waals surface area contributed by atoms with Crippen molar-refractivity contribution < 1.29 is 5.11 Å². The molecular formula is C9H10BrNO. The van der Waals surface area contributed by atoms with Crippen LogP contribution in [-0.4, -0.2) is 11.7 Å². The molecule has 0 bridgehead atoms. The molecule has 2 nitrogen and oxygen atoms in total. The van der Waals surface area contributed by atoms with Crippen molar-refractivity contribution in [3.8, 4) is 5.75 Å². The normalized spacial score (nSPS) is 15.1. The minimum atomic E-state index is 0.315. The topological polar surface area (TPSA) is 32.3 Å². The van der Waals surface area contributed by atoms with E-state index in [1.54, 1.807) is 12.1 Å². The third kappa shape index (κ3) is 1.29. The van der Waals surface area contributed by atoms with Gasteiger partial charge in [-0.15, -0.1) is 0 Å². The first kappa shape index (κ1) is 7.92. The van der Waals surface area contributed by atoms with Gasteiger partial charge in [-0.2, -0.15) is 0 Å². The number of phenolic OH excluding ortho intramolecular Hbond substituents is 1. The van der Waals surface area contributed by atoms with Crippen molar-refractivity contribution in [1.29, 1.82) is 0 Å². The van der Waals surface area contributed by atoms with Crippen LogP contribution in [0.15, 0.2) is 16.6 Å². The zero-order chi connectivity index (χ0) is 8.55. The van der Waals surface area contributed by atoms with E-state index >= 15 is 0 Å². The van der Waals surface area contributed by atoms with E-state index in [0.717, 1.165) is 29.5 Å². The van der Waals surface area contributed by atoms with E-state index in [4.69, 9.17) is 0 Å². The molecule has 1 aliphatic rings. The first-order valence-electron chi connectivity index (χ1n) is 4.02. The number of aromatic hydroxyl groups is 1. The van der Waals surface area contributed by atoms with E-state index < -0.39 is 0 Å². The Morgan fingerprint density at radius 3 is 3.08 bits per heavy atom. The molecule has 64 valence electrons. The maximum atomic E-state index is 9.30. The molecule has 2 N–H and O–H groups in total. The molecule has 0 saturated carbocycles. The van der Waals surface area contributed by atoms with Crippen molar-refractivity contribution in [2.75, 3.05) is 11.9 Å². The van der Waals surface area contributed by atoms with Gasteiger partial charge < -0.3 is 10.4 Å². The van der Waals surface area contributed by atoms with Crippen molar-refractivity contribution in [3.63, 3.8) is 0 Å². The molecule has 0 spiro atoms. The third-order valence-electron chi connectivity index (χ3n) is 2.10. The number of anilines is 1. The van der Waals surface area contributed by atoms with Gasteiger partial charge in [0.2, 0.25) is 0 Å². The van der Waals surface area contributed by atoms with Crippen LogP contribution in [0.4, 0.5) is 5.69 Å². The first-order valence-corrected chi connectivity index (χ1v) is 4.82. The quantitative estimate of drug-likeness (QED) is 0.715. The lowest BCUT2D eigenvalue weighted by molar-refractivity contribution is 0.474. The molecule has 0 saturated heterocycles. The van der Waals surface area contributed by atoms with Crippen LogP contribution in [0.1, 0.15) is 12.0 Å². The fourth-order valence-corrected chi connectivity index (χ4v) is 2.17. The molecule has 1 aliphatic heterocycles. The van der Waals surface area contributed by atoms with Gasteiger partial charge in [0, 0.05) is 22.8 Å². The Kier molecular flexibility index (Phi) is 1.97. The lowest BCUT2D eigenvalue weighted by atomic mass is 10.0. The van der Waals surface area contributed by atoms with E-state index in [1.165, 1.54) is 5.56 Å². The van der Waals surface area contributed by atoms with E-state index in [0.29, 0.717) is 5.75 Å². The smallest absolute Gasteiger partial charge is 0.118 e. The second-order valence-corrected chi connectivity index (χ2v) is 3.84. The summed E-state index contributed by atoms with van der Waals surface area (Å²) in [7, 11) is 0. The van der Waals surface area contributed by atoms with Gasteiger partial charge in [-0.05, 0) is 24.5 Å². The van der Waals surface area contributed by atoms with E-state index in [9.17, 15) is 5.11 Å². The van der Waals surface area contributed by atoms with E-state index in [2.05, 4.69) is 21.2 Å². The second-order valence-electron chi connectivity index (χ2n) is 2.98. The Labute approximate surface area is 79.7 Å². The monoisotopic (exact) mass is 227 g/mol. The second kappa shape index (κ2) is 2.98. The van der Waals surface area contributed by atoms with E-state index in [1.807, 2.05) is 0 Å². The zero-order valence-corrected chi connectivity index (χ0v) is 8.19. The van der Waals surface area contributed by atoms with Crippen LogP contribution in [0.3, 0.4) is 0 Å². The summed E-state index contributed by atoms with van der Waals surface area (Å²) < 4.78 is 1.00. The van der Waals surface area contributed by atoms with Crippen LogP contribution < -0.4 is 5.32 Å². The average molecular weight is 228 g/mol. The molecule has 0 aliphatic carbocycles. The Balaban J connectivity index is 2.53. The standard InChI is InChI=1S/C9H10BrNO/c10-8-4-6(12)5-9-7(8)2-1-3-11-9/h4-5,11-12H,1-3H2. The molecule has 0 radical (unpaired) electrons. The highest BCUT2D eigenvalue weighted by Crippen LogP contribution is 2.33. The van der Waals surface area contributed by atoms with Crippen LogP contribution >= 0.6 is 15.9 Å². The Morgan fingerprint density at radius 1 is 1.42 bits per heavy atom. The Hall–Kier alpha value is -0.700. The summed E-state index contributed by atoms with van der Waals surface area (Å²) in [4.78, 5) is 0. The number of fused-ring (bicyclic) bond motifs is 1. The van der Waals surface area contributed by atoms with E-state index in [-0.39, 0.29) is 0 Å². The van der Waals surface area contributed by atoms with Crippen molar-refractivity contribution in [2.24, 2.45) is 0 Å². The summed E-state index contributed by atoms with van der Waals surface area (Å²) in [6.45, 7) is 1.00. The maximum absolute atomic E-state index is 9.30. The van der Waals surface area contributed by atoms with Crippen molar-refractivity contribution in [2.45, 2.75) is 12.8 Å². The summed E-state index contributed by atoms with van der Waals surface area (Å²) in [5.41, 5.74) is 2.34. The number of hydrogen-bond donors (Lipinski definition) is 2. The van der Waals surface area contributed by atoms with Gasteiger partial charge in [-0.3, -0.25) is 0 Å². The predicted octanol–water partition coefficient (Wildman–Crippen LogP) is 2.51. The summed E-state index contributed by atoms with van der Waals surface area (Å²) in [6.07, 6.45) is 2.25. The van der Waals surface area contributed by atoms with Crippen molar-refractivity contribution in [1.82, 2.24) is 0 Å². The number of nitrogens with one attached hydrogen (secondary N) is 1.